The zero-order chi connectivity index (χ0) is 60.3. The molecule has 1 aromatic carbocycles. The number of pyridine rings is 2. The van der Waals surface area contributed by atoms with Crippen molar-refractivity contribution in [2.24, 2.45) is 28.7 Å². The van der Waals surface area contributed by atoms with Crippen molar-refractivity contribution in [2.75, 3.05) is 103 Å². The molecule has 8 N–H and O–H groups in total. The van der Waals surface area contributed by atoms with Crippen molar-refractivity contribution < 1.29 is 43.0 Å². The number of aryl methyl sites for hydroxylation is 3. The molecule has 1 saturated heterocycles. The maximum absolute atomic E-state index is 15.0. The van der Waals surface area contributed by atoms with Gasteiger partial charge in [-0.05, 0) is 124 Å². The molecule has 4 amide bonds. The van der Waals surface area contributed by atoms with Gasteiger partial charge in [-0.1, -0.05) is 57.2 Å². The second-order valence-corrected chi connectivity index (χ2v) is 24.3. The van der Waals surface area contributed by atoms with Gasteiger partial charge in [0.15, 0.2) is 0 Å². The summed E-state index contributed by atoms with van der Waals surface area (Å²) in [5.41, 5.74) is 15.1. The Balaban J connectivity index is 0.897. The standard InChI is InChI=1S/C63H97N13O8/c1-47-15-14-17-56(70-47)75(62(82)53-22-21-52(83-5)42-55(53)73-36-24-48(25-37-73)45-84-60-41-50(23-31-69-60)54(43-61(80)81)49-19-20-49)46-63(2,3)28-12-8-9-13-35-74-44-51(71-72-74)16-10-6-7-11-18-57(77)68-34-40-76(4,38-26-58(78)66-32-29-64)39-27-59(79)67-33-30-65/h14-15,17,21-23,31,41-42,44,48-49,54H,6-13,16,18-20,24-30,32-40,43,45-46,64-65H2,1-5H3,(H3-,66,67,68,77,78,79,80,81)/p+1/t54-/m0/s1. The van der Waals surface area contributed by atoms with E-state index in [0.29, 0.717) is 124 Å². The number of nitrogens with zero attached hydrogens (tertiary/aromatic N) is 8. The fraction of sp³-hybridized carbons (Fsp3) is 0.635. The van der Waals surface area contributed by atoms with E-state index in [4.69, 9.17) is 25.9 Å². The fourth-order valence-electron chi connectivity index (χ4n) is 11.2. The van der Waals surface area contributed by atoms with Gasteiger partial charge < -0.3 is 51.4 Å². The Morgan fingerprint density at radius 2 is 1.50 bits per heavy atom. The highest BCUT2D eigenvalue weighted by Gasteiger charge is 2.35. The van der Waals surface area contributed by atoms with E-state index in [-0.39, 0.29) is 41.4 Å². The van der Waals surface area contributed by atoms with Crippen LogP contribution < -0.4 is 46.7 Å². The van der Waals surface area contributed by atoms with E-state index in [1.54, 1.807) is 13.3 Å². The SMILES string of the molecule is COc1ccc(C(=O)N(CC(C)(C)CCCCCCn2cc(CCCCCCC(=O)NCC[N+](C)(CCC(=O)NCCN)CCC(=O)NCCN)nn2)c2cccc(C)n2)c(N2CCC(COc3cc([C@@H](CC(=O)O)C4CC4)ccn3)CC2)c1. The summed E-state index contributed by atoms with van der Waals surface area (Å²) in [6.07, 6.45) is 18.4. The summed E-state index contributed by atoms with van der Waals surface area (Å²) in [5.74, 6) is 1.50. The van der Waals surface area contributed by atoms with Gasteiger partial charge in [0.25, 0.3) is 5.91 Å². The molecule has 462 valence electrons. The molecule has 84 heavy (non-hydrogen) atoms. The lowest BCUT2D eigenvalue weighted by Gasteiger charge is -2.36. The van der Waals surface area contributed by atoms with E-state index < -0.39 is 5.97 Å². The number of nitrogens with two attached hydrogens (primary N) is 2. The van der Waals surface area contributed by atoms with Crippen molar-refractivity contribution in [2.45, 2.75) is 149 Å². The van der Waals surface area contributed by atoms with Gasteiger partial charge in [0.2, 0.25) is 23.6 Å². The first-order chi connectivity index (χ1) is 40.5. The number of carbonyl (C=O) groups excluding carboxylic acids is 4. The molecule has 21 nitrogen and oxygen atoms in total. The van der Waals surface area contributed by atoms with Crippen molar-refractivity contribution in [3.63, 3.8) is 0 Å². The van der Waals surface area contributed by atoms with Crippen molar-refractivity contribution in [1.82, 2.24) is 40.9 Å². The van der Waals surface area contributed by atoms with Crippen molar-refractivity contribution in [3.8, 4) is 11.6 Å². The van der Waals surface area contributed by atoms with Crippen LogP contribution >= 0.6 is 0 Å². The predicted molar refractivity (Wildman–Crippen MR) is 327 cm³/mol. The van der Waals surface area contributed by atoms with E-state index in [2.05, 4.69) is 56.2 Å². The number of likely N-dealkylation sites (N-methyl/N-ethyl adjacent to an activating group) is 1. The lowest BCUT2D eigenvalue weighted by Crippen LogP contribution is -2.52. The number of carbonyl (C=O) groups is 5. The molecular weight excluding hydrogens is 1070 g/mol. The third kappa shape index (κ3) is 23.0. The van der Waals surface area contributed by atoms with Crippen LogP contribution in [0.3, 0.4) is 0 Å². The minimum Gasteiger partial charge on any atom is -0.497 e. The summed E-state index contributed by atoms with van der Waals surface area (Å²) in [6.45, 7) is 13.4. The largest absolute Gasteiger partial charge is 0.497 e. The number of piperidine rings is 1. The molecule has 6 rings (SSSR count). The normalized spacial score (nSPS) is 14.2. The summed E-state index contributed by atoms with van der Waals surface area (Å²) in [4.78, 5) is 77.5. The fourth-order valence-corrected chi connectivity index (χ4v) is 11.2. The molecule has 4 heterocycles. The molecule has 1 atom stereocenters. The van der Waals surface area contributed by atoms with E-state index in [0.717, 1.165) is 132 Å². The Kier molecular flexibility index (Phi) is 27.1. The Bertz CT molecular complexity index is 2670. The topological polar surface area (TPSA) is 275 Å². The molecule has 4 aromatic rings. The molecule has 1 aliphatic heterocycles. The lowest BCUT2D eigenvalue weighted by molar-refractivity contribution is -0.907. The summed E-state index contributed by atoms with van der Waals surface area (Å²) < 4.78 is 14.4. The third-order valence-corrected chi connectivity index (χ3v) is 16.4. The maximum atomic E-state index is 15.0. The van der Waals surface area contributed by atoms with Crippen LogP contribution in [-0.2, 0) is 32.1 Å². The quantitative estimate of drug-likeness (QED) is 0.0194. The van der Waals surface area contributed by atoms with Crippen LogP contribution in [-0.4, -0.2) is 157 Å². The number of benzene rings is 1. The number of hydrogen-bond donors (Lipinski definition) is 6. The molecule has 0 unspecified atom stereocenters. The van der Waals surface area contributed by atoms with Gasteiger partial charge in [0, 0.05) is 89.0 Å². The Morgan fingerprint density at radius 3 is 2.18 bits per heavy atom. The average molecular weight is 1170 g/mol. The van der Waals surface area contributed by atoms with E-state index in [1.165, 1.54) is 0 Å². The monoisotopic (exact) mass is 1160 g/mol. The number of aromatic nitrogens is 5. The average Bonchev–Trinajstić information content (AvgIpc) is 3.33. The zero-order valence-corrected chi connectivity index (χ0v) is 51.0. The van der Waals surface area contributed by atoms with Crippen LogP contribution in [0.5, 0.6) is 11.6 Å². The molecule has 21 heteroatoms. The molecule has 0 spiro atoms. The number of amides is 4. The number of unbranched alkanes of at least 4 members (excludes halogenated alkanes) is 6. The number of carboxylic acids is 1. The van der Waals surface area contributed by atoms with Gasteiger partial charge in [-0.3, -0.25) is 33.6 Å². The summed E-state index contributed by atoms with van der Waals surface area (Å²) >= 11 is 0. The smallest absolute Gasteiger partial charge is 0.303 e. The van der Waals surface area contributed by atoms with Gasteiger partial charge in [-0.25, -0.2) is 9.97 Å². The number of rotatable bonds is 40. The summed E-state index contributed by atoms with van der Waals surface area (Å²) in [5, 5.41) is 27.0. The first-order valence-corrected chi connectivity index (χ1v) is 30.9. The minimum absolute atomic E-state index is 0.00794. The Hall–Kier alpha value is -6.71. The van der Waals surface area contributed by atoms with Gasteiger partial charge in [-0.15, -0.1) is 5.10 Å². The zero-order valence-electron chi connectivity index (χ0n) is 51.0. The van der Waals surface area contributed by atoms with E-state index in [1.807, 2.05) is 72.1 Å². The van der Waals surface area contributed by atoms with Gasteiger partial charge >= 0.3 is 5.97 Å². The number of aliphatic carboxylic acids is 1. The highest BCUT2D eigenvalue weighted by molar-refractivity contribution is 6.09. The summed E-state index contributed by atoms with van der Waals surface area (Å²) in [7, 11) is 3.66. The first kappa shape index (κ1) is 66.4. The van der Waals surface area contributed by atoms with Crippen LogP contribution in [0.15, 0.2) is 60.9 Å². The van der Waals surface area contributed by atoms with Crippen molar-refractivity contribution in [1.29, 1.82) is 0 Å². The second kappa shape index (κ2) is 34.3. The van der Waals surface area contributed by atoms with Crippen LogP contribution in [0.2, 0.25) is 0 Å². The molecule has 3 aromatic heterocycles. The summed E-state index contributed by atoms with van der Waals surface area (Å²) in [6, 6.07) is 15.4. The highest BCUT2D eigenvalue weighted by atomic mass is 16.5. The second-order valence-electron chi connectivity index (χ2n) is 24.3. The predicted octanol–water partition coefficient (Wildman–Crippen LogP) is 6.96. The first-order valence-electron chi connectivity index (χ1n) is 30.9. The van der Waals surface area contributed by atoms with Gasteiger partial charge in [-0.2, -0.15) is 0 Å². The maximum Gasteiger partial charge on any atom is 0.303 e. The number of carboxylic acid groups (broad SMARTS) is 1. The van der Waals surface area contributed by atoms with Crippen LogP contribution in [0.4, 0.5) is 11.5 Å². The highest BCUT2D eigenvalue weighted by Crippen LogP contribution is 2.45. The Morgan fingerprint density at radius 1 is 0.821 bits per heavy atom. The Labute approximate surface area is 498 Å². The molecule has 2 aliphatic rings. The molecule has 0 radical (unpaired) electrons. The number of nitrogens with one attached hydrogen (secondary N) is 3. The molecule has 0 bridgehead atoms. The number of hydrogen-bond acceptors (Lipinski definition) is 14. The molecule has 1 saturated carbocycles. The van der Waals surface area contributed by atoms with E-state index >= 15 is 4.79 Å². The van der Waals surface area contributed by atoms with E-state index in [9.17, 15) is 24.3 Å². The molecule has 2 fully saturated rings. The molecule has 1 aliphatic carbocycles. The minimum atomic E-state index is -0.785. The number of methoxy groups -OCH3 is 1. The van der Waals surface area contributed by atoms with Crippen molar-refractivity contribution >= 4 is 41.1 Å². The van der Waals surface area contributed by atoms with Gasteiger partial charge in [0.05, 0.1) is 83.2 Å². The van der Waals surface area contributed by atoms with Crippen LogP contribution in [0.1, 0.15) is 156 Å². The number of ether oxygens (including phenoxy) is 2. The molecular formula is C63H98N13O8+. The van der Waals surface area contributed by atoms with Crippen LogP contribution in [0, 0.1) is 24.2 Å². The number of quaternary nitrogens is 1. The van der Waals surface area contributed by atoms with Crippen molar-refractivity contribution in [3.05, 3.63) is 83.4 Å². The number of anilines is 2. The van der Waals surface area contributed by atoms with Gasteiger partial charge in [0.1, 0.15) is 11.6 Å². The van der Waals surface area contributed by atoms with Crippen LogP contribution in [0.25, 0.3) is 0 Å². The third-order valence-electron chi connectivity index (χ3n) is 16.4. The lowest BCUT2D eigenvalue weighted by atomic mass is 9.86.